The van der Waals surface area contributed by atoms with Crippen molar-refractivity contribution in [1.82, 2.24) is 5.32 Å². The summed E-state index contributed by atoms with van der Waals surface area (Å²) in [5.41, 5.74) is 1.20. The minimum Gasteiger partial charge on any atom is -0.508 e. The van der Waals surface area contributed by atoms with Gasteiger partial charge >= 0.3 is 0 Å². The van der Waals surface area contributed by atoms with E-state index < -0.39 is 0 Å². The molecule has 2 N–H and O–H groups in total. The number of aryl methyl sites for hydroxylation is 1. The van der Waals surface area contributed by atoms with Crippen LogP contribution in [-0.4, -0.2) is 36.1 Å². The lowest BCUT2D eigenvalue weighted by atomic mass is 10.1. The van der Waals surface area contributed by atoms with Crippen molar-refractivity contribution >= 4 is 21.8 Å². The normalized spacial score (nSPS) is 10.2. The van der Waals surface area contributed by atoms with Gasteiger partial charge in [-0.15, -0.1) is 0 Å². The molecule has 0 aromatic heterocycles. The van der Waals surface area contributed by atoms with Crippen LogP contribution in [0.5, 0.6) is 5.75 Å². The van der Waals surface area contributed by atoms with Gasteiger partial charge in [0, 0.05) is 17.4 Å². The second-order valence-electron chi connectivity index (χ2n) is 3.56. The summed E-state index contributed by atoms with van der Waals surface area (Å²) in [5, 5.41) is 13.0. The third-order valence-electron chi connectivity index (χ3n) is 2.22. The summed E-state index contributed by atoms with van der Waals surface area (Å²) in [5.74, 6) is -0.0732. The van der Waals surface area contributed by atoms with Gasteiger partial charge < -0.3 is 15.2 Å². The molecule has 0 spiro atoms. The highest BCUT2D eigenvalue weighted by molar-refractivity contribution is 9.09. The zero-order valence-corrected chi connectivity index (χ0v) is 11.3. The monoisotopic (exact) mass is 301 g/mol. The lowest BCUT2D eigenvalue weighted by molar-refractivity contribution is 0.0924. The molecule has 0 saturated carbocycles. The van der Waals surface area contributed by atoms with Crippen molar-refractivity contribution in [2.45, 2.75) is 6.92 Å². The van der Waals surface area contributed by atoms with Crippen LogP contribution in [0.3, 0.4) is 0 Å². The van der Waals surface area contributed by atoms with Crippen molar-refractivity contribution in [2.75, 3.05) is 25.1 Å². The highest BCUT2D eigenvalue weighted by Gasteiger charge is 2.06. The first-order valence-electron chi connectivity index (χ1n) is 5.36. The molecule has 4 nitrogen and oxygen atoms in total. The number of hydrogen-bond donors (Lipinski definition) is 2. The summed E-state index contributed by atoms with van der Waals surface area (Å²) in [6.45, 7) is 3.35. The average Bonchev–Trinajstić information content (AvgIpc) is 2.32. The Morgan fingerprint density at radius 2 is 2.24 bits per heavy atom. The number of rotatable bonds is 6. The maximum atomic E-state index is 11.7. The quantitative estimate of drug-likeness (QED) is 0.623. The fourth-order valence-electron chi connectivity index (χ4n) is 1.25. The van der Waals surface area contributed by atoms with Crippen molar-refractivity contribution in [3.63, 3.8) is 0 Å². The van der Waals surface area contributed by atoms with Gasteiger partial charge in [0.25, 0.3) is 5.91 Å². The van der Waals surface area contributed by atoms with Crippen LogP contribution in [0.25, 0.3) is 0 Å². The van der Waals surface area contributed by atoms with E-state index in [1.807, 2.05) is 0 Å². The summed E-state index contributed by atoms with van der Waals surface area (Å²) in [6.07, 6.45) is 0. The largest absolute Gasteiger partial charge is 0.508 e. The van der Waals surface area contributed by atoms with Gasteiger partial charge in [0.2, 0.25) is 0 Å². The smallest absolute Gasteiger partial charge is 0.251 e. The van der Waals surface area contributed by atoms with Crippen LogP contribution < -0.4 is 5.32 Å². The standard InChI is InChI=1S/C12H16BrNO3/c1-9-2-3-10(8-11(9)15)12(16)14-5-7-17-6-4-13/h2-3,8,15H,4-7H2,1H3,(H,14,16). The highest BCUT2D eigenvalue weighted by atomic mass is 79.9. The van der Waals surface area contributed by atoms with Gasteiger partial charge in [-0.25, -0.2) is 0 Å². The average molecular weight is 302 g/mol. The first-order valence-corrected chi connectivity index (χ1v) is 6.49. The molecule has 1 aromatic rings. The van der Waals surface area contributed by atoms with Gasteiger partial charge in [0.1, 0.15) is 5.75 Å². The van der Waals surface area contributed by atoms with Gasteiger partial charge in [-0.3, -0.25) is 4.79 Å². The van der Waals surface area contributed by atoms with Crippen molar-refractivity contribution < 1.29 is 14.6 Å². The van der Waals surface area contributed by atoms with Crippen LogP contribution in [0.15, 0.2) is 18.2 Å². The molecule has 0 fully saturated rings. The molecule has 1 aromatic carbocycles. The Bertz CT molecular complexity index is 382. The molecule has 1 rings (SSSR count). The van der Waals surface area contributed by atoms with E-state index in [-0.39, 0.29) is 11.7 Å². The van der Waals surface area contributed by atoms with Crippen LogP contribution in [0.1, 0.15) is 15.9 Å². The number of aromatic hydroxyl groups is 1. The number of phenolic OH excluding ortho intramolecular Hbond substituents is 1. The number of hydrogen-bond acceptors (Lipinski definition) is 3. The number of amides is 1. The molecule has 0 aliphatic heterocycles. The van der Waals surface area contributed by atoms with Crippen LogP contribution in [-0.2, 0) is 4.74 Å². The van der Waals surface area contributed by atoms with Crippen molar-refractivity contribution in [2.24, 2.45) is 0 Å². The van der Waals surface area contributed by atoms with Gasteiger partial charge in [-0.1, -0.05) is 22.0 Å². The van der Waals surface area contributed by atoms with E-state index >= 15 is 0 Å². The van der Waals surface area contributed by atoms with E-state index in [4.69, 9.17) is 4.74 Å². The highest BCUT2D eigenvalue weighted by Crippen LogP contribution is 2.17. The molecule has 0 bridgehead atoms. The second-order valence-corrected chi connectivity index (χ2v) is 4.35. The number of benzene rings is 1. The Morgan fingerprint density at radius 1 is 1.47 bits per heavy atom. The molecule has 0 unspecified atom stereocenters. The molecule has 94 valence electrons. The van der Waals surface area contributed by atoms with E-state index in [1.54, 1.807) is 19.1 Å². The van der Waals surface area contributed by atoms with Crippen LogP contribution in [0.4, 0.5) is 0 Å². The third-order valence-corrected chi connectivity index (χ3v) is 2.55. The Hall–Kier alpha value is -1.07. The van der Waals surface area contributed by atoms with E-state index in [0.717, 1.165) is 10.9 Å². The molecule has 0 aliphatic carbocycles. The number of halogens is 1. The topological polar surface area (TPSA) is 58.6 Å². The molecular weight excluding hydrogens is 286 g/mol. The fraction of sp³-hybridized carbons (Fsp3) is 0.417. The van der Waals surface area contributed by atoms with Gasteiger partial charge in [0.05, 0.1) is 13.2 Å². The molecule has 0 aliphatic rings. The lowest BCUT2D eigenvalue weighted by Gasteiger charge is -2.06. The molecule has 0 radical (unpaired) electrons. The molecule has 1 amide bonds. The van der Waals surface area contributed by atoms with Gasteiger partial charge in [-0.2, -0.15) is 0 Å². The van der Waals surface area contributed by atoms with E-state index in [0.29, 0.717) is 25.3 Å². The fourth-order valence-corrected chi connectivity index (χ4v) is 1.47. The van der Waals surface area contributed by atoms with Crippen molar-refractivity contribution in [1.29, 1.82) is 0 Å². The number of nitrogens with one attached hydrogen (secondary N) is 1. The summed E-state index contributed by atoms with van der Waals surface area (Å²) in [6, 6.07) is 4.86. The minimum atomic E-state index is -0.206. The number of carbonyl (C=O) groups is 1. The first-order chi connectivity index (χ1) is 8.15. The molecule has 0 heterocycles. The molecule has 0 atom stereocenters. The number of ether oxygens (including phenoxy) is 1. The van der Waals surface area contributed by atoms with Crippen LogP contribution >= 0.6 is 15.9 Å². The van der Waals surface area contributed by atoms with E-state index in [1.165, 1.54) is 6.07 Å². The van der Waals surface area contributed by atoms with Crippen molar-refractivity contribution in [3.05, 3.63) is 29.3 Å². The summed E-state index contributed by atoms with van der Waals surface area (Å²) >= 11 is 3.24. The van der Waals surface area contributed by atoms with Crippen molar-refractivity contribution in [3.8, 4) is 5.75 Å². The second kappa shape index (κ2) is 7.29. The maximum Gasteiger partial charge on any atom is 0.251 e. The summed E-state index contributed by atoms with van der Waals surface area (Å²) < 4.78 is 5.20. The summed E-state index contributed by atoms with van der Waals surface area (Å²) in [4.78, 5) is 11.7. The molecule has 5 heteroatoms. The predicted octanol–water partition coefficient (Wildman–Crippen LogP) is 1.84. The maximum absolute atomic E-state index is 11.7. The van der Waals surface area contributed by atoms with Gasteiger partial charge in [-0.05, 0) is 24.6 Å². The Balaban J connectivity index is 2.39. The summed E-state index contributed by atoms with van der Waals surface area (Å²) in [7, 11) is 0. The third kappa shape index (κ3) is 4.75. The van der Waals surface area contributed by atoms with E-state index in [2.05, 4.69) is 21.2 Å². The van der Waals surface area contributed by atoms with Gasteiger partial charge in [0.15, 0.2) is 0 Å². The number of phenols is 1. The Kier molecular flexibility index (Phi) is 6.00. The van der Waals surface area contributed by atoms with Crippen LogP contribution in [0.2, 0.25) is 0 Å². The number of alkyl halides is 1. The molecule has 17 heavy (non-hydrogen) atoms. The Morgan fingerprint density at radius 3 is 2.88 bits per heavy atom. The molecule has 0 saturated heterocycles. The van der Waals surface area contributed by atoms with Crippen LogP contribution in [0, 0.1) is 6.92 Å². The van der Waals surface area contributed by atoms with E-state index in [9.17, 15) is 9.90 Å². The molecular formula is C12H16BrNO3. The predicted molar refractivity (Wildman–Crippen MR) is 69.8 cm³/mol. The SMILES string of the molecule is Cc1ccc(C(=O)NCCOCCBr)cc1O. The lowest BCUT2D eigenvalue weighted by Crippen LogP contribution is -2.27. The minimum absolute atomic E-state index is 0.133. The zero-order chi connectivity index (χ0) is 12.7. The Labute approximate surface area is 109 Å². The first kappa shape index (κ1) is 14.0. The number of carbonyl (C=O) groups excluding carboxylic acids is 1. The zero-order valence-electron chi connectivity index (χ0n) is 9.70.